The molecule has 1 heterocycles. The second kappa shape index (κ2) is 7.99. The molecule has 0 aliphatic carbocycles. The van der Waals surface area contributed by atoms with Crippen LogP contribution < -0.4 is 4.90 Å². The second-order valence-corrected chi connectivity index (χ2v) is 9.76. The Morgan fingerprint density at radius 2 is 0.781 bits per heavy atom. The summed E-state index contributed by atoms with van der Waals surface area (Å²) in [6.07, 6.45) is 0. The molecule has 0 radical (unpaired) electrons. The maximum atomic E-state index is 2.31. The highest BCUT2D eigenvalue weighted by Gasteiger charge is 2.23. The molecule has 6 aromatic rings. The van der Waals surface area contributed by atoms with Crippen molar-refractivity contribution in [1.82, 2.24) is 0 Å². The number of thiophene rings is 1. The number of rotatable bonds is 4. The van der Waals surface area contributed by atoms with Gasteiger partial charge in [0, 0.05) is 50.4 Å². The molecule has 152 valence electrons. The molecule has 0 bridgehead atoms. The van der Waals surface area contributed by atoms with Crippen LogP contribution in [0.4, 0.5) is 17.1 Å². The van der Waals surface area contributed by atoms with Gasteiger partial charge in [-0.1, -0.05) is 60.7 Å². The molecule has 0 saturated carbocycles. The van der Waals surface area contributed by atoms with Gasteiger partial charge in [0.1, 0.15) is 0 Å². The zero-order valence-corrected chi connectivity index (χ0v) is 18.4. The summed E-state index contributed by atoms with van der Waals surface area (Å²) in [5.41, 5.74) is 3.48. The molecule has 0 aliphatic heterocycles. The number of para-hydroxylation sites is 2. The van der Waals surface area contributed by atoms with Gasteiger partial charge in [-0.25, -0.2) is 0 Å². The normalized spacial score (nSPS) is 11.1. The fourth-order valence-electron chi connectivity index (χ4n) is 4.44. The lowest BCUT2D eigenvalue weighted by atomic mass is 10.2. The van der Waals surface area contributed by atoms with E-state index in [0.717, 1.165) is 17.1 Å². The van der Waals surface area contributed by atoms with Gasteiger partial charge >= 0.3 is 0 Å². The van der Waals surface area contributed by atoms with E-state index in [4.69, 9.17) is 0 Å². The third kappa shape index (κ3) is 3.17. The number of hydrogen-bond acceptors (Lipinski definition) is 1. The van der Waals surface area contributed by atoms with E-state index in [2.05, 4.69) is 138 Å². The summed E-state index contributed by atoms with van der Waals surface area (Å²) in [7, 11) is -0.0695. The summed E-state index contributed by atoms with van der Waals surface area (Å²) in [6.45, 7) is 0. The van der Waals surface area contributed by atoms with Crippen molar-refractivity contribution >= 4 is 47.7 Å². The zero-order chi connectivity index (χ0) is 21.3. The van der Waals surface area contributed by atoms with Crippen LogP contribution in [0.2, 0.25) is 0 Å². The van der Waals surface area contributed by atoms with Crippen molar-refractivity contribution in [3.05, 3.63) is 133 Å². The van der Waals surface area contributed by atoms with Crippen molar-refractivity contribution in [2.75, 3.05) is 4.90 Å². The van der Waals surface area contributed by atoms with Crippen LogP contribution >= 0.6 is 10.5 Å². The summed E-state index contributed by atoms with van der Waals surface area (Å²) in [5, 5.41) is 2.73. The van der Waals surface area contributed by atoms with Crippen molar-refractivity contribution in [2.45, 2.75) is 0 Å². The maximum absolute atomic E-state index is 2.31. The molecule has 0 saturated heterocycles. The van der Waals surface area contributed by atoms with Gasteiger partial charge in [0.25, 0.3) is 0 Å². The Kier molecular flexibility index (Phi) is 4.71. The Morgan fingerprint density at radius 1 is 0.375 bits per heavy atom. The van der Waals surface area contributed by atoms with Crippen LogP contribution in [0.15, 0.2) is 133 Å². The second-order valence-electron chi connectivity index (χ2n) is 7.80. The Labute approximate surface area is 190 Å². The minimum atomic E-state index is -0.0695. The average Bonchev–Trinajstić information content (AvgIpc) is 3.21. The van der Waals surface area contributed by atoms with E-state index in [1.165, 1.54) is 25.1 Å². The third-order valence-corrected chi connectivity index (χ3v) is 8.20. The summed E-state index contributed by atoms with van der Waals surface area (Å²) >= 11 is 0. The van der Waals surface area contributed by atoms with E-state index in [-0.39, 0.29) is 10.5 Å². The third-order valence-electron chi connectivity index (χ3n) is 5.86. The van der Waals surface area contributed by atoms with Gasteiger partial charge in [-0.3, -0.25) is 0 Å². The average molecular weight is 429 g/mol. The first kappa shape index (κ1) is 18.9. The van der Waals surface area contributed by atoms with E-state index in [1.807, 2.05) is 0 Å². The Balaban J connectivity index is 1.50. The van der Waals surface area contributed by atoms with Gasteiger partial charge in [-0.05, 0) is 60.7 Å². The molecule has 2 heteroatoms. The lowest BCUT2D eigenvalue weighted by Crippen LogP contribution is -2.09. The van der Waals surface area contributed by atoms with Crippen molar-refractivity contribution < 1.29 is 0 Å². The van der Waals surface area contributed by atoms with Crippen molar-refractivity contribution in [2.24, 2.45) is 0 Å². The molecule has 0 spiro atoms. The fraction of sp³-hybridized carbons (Fsp3) is 0. The van der Waals surface area contributed by atoms with Crippen LogP contribution in [0.1, 0.15) is 0 Å². The predicted octanol–water partition coefficient (Wildman–Crippen LogP) is 9.20. The van der Waals surface area contributed by atoms with Crippen molar-refractivity contribution in [3.8, 4) is 4.90 Å². The molecule has 0 atom stereocenters. The number of anilines is 3. The Hall–Kier alpha value is -3.88. The van der Waals surface area contributed by atoms with E-state index in [0.29, 0.717) is 0 Å². The van der Waals surface area contributed by atoms with Gasteiger partial charge in [-0.2, -0.15) is 0 Å². The van der Waals surface area contributed by atoms with Crippen LogP contribution in [-0.2, 0) is 0 Å². The van der Waals surface area contributed by atoms with E-state index < -0.39 is 0 Å². The maximum Gasteiger partial charge on any atom is 0.187 e. The highest BCUT2D eigenvalue weighted by molar-refractivity contribution is 7.50. The van der Waals surface area contributed by atoms with E-state index >= 15 is 0 Å². The Morgan fingerprint density at radius 3 is 1.28 bits per heavy atom. The fourth-order valence-corrected chi connectivity index (χ4v) is 6.82. The van der Waals surface area contributed by atoms with Crippen LogP contribution in [0.3, 0.4) is 0 Å². The monoisotopic (exact) mass is 428 g/mol. The standard InChI is InChI=1S/C30H22NS/c1-3-11-23(12-4-1)31(24-13-5-2-6-14-24)25-19-21-26(22-20-25)32-29-17-9-7-15-27(29)28-16-8-10-18-30(28)32/h1-22H/q+1. The molecule has 1 nitrogen and oxygen atoms in total. The molecule has 0 fully saturated rings. The number of fused-ring (bicyclic) bond motifs is 3. The van der Waals surface area contributed by atoms with Crippen LogP contribution in [0.25, 0.3) is 25.1 Å². The molecule has 0 N–H and O–H groups in total. The summed E-state index contributed by atoms with van der Waals surface area (Å²) < 4.78 is 2.84. The topological polar surface area (TPSA) is 3.24 Å². The number of nitrogens with zero attached hydrogens (tertiary/aromatic N) is 1. The van der Waals surface area contributed by atoms with Crippen LogP contribution in [0.5, 0.6) is 0 Å². The highest BCUT2D eigenvalue weighted by Crippen LogP contribution is 2.48. The summed E-state index contributed by atoms with van der Waals surface area (Å²) in [4.78, 5) is 3.66. The minimum absolute atomic E-state index is 0.0695. The molecular formula is C30H22NS+. The number of hydrogen-bond donors (Lipinski definition) is 0. The molecule has 0 amide bonds. The molecule has 5 aromatic carbocycles. The molecule has 1 aromatic heterocycles. The summed E-state index contributed by atoms with van der Waals surface area (Å²) in [6, 6.07) is 47.9. The first-order valence-electron chi connectivity index (χ1n) is 10.8. The molecular weight excluding hydrogens is 406 g/mol. The SMILES string of the molecule is c1ccc(N(c2ccccc2)c2ccc(-[s+]3c4ccccc4c4ccccc43)cc2)cc1. The van der Waals surface area contributed by atoms with Gasteiger partial charge in [0.15, 0.2) is 14.3 Å². The number of benzene rings is 5. The van der Waals surface area contributed by atoms with E-state index in [9.17, 15) is 0 Å². The van der Waals surface area contributed by atoms with Crippen molar-refractivity contribution in [3.63, 3.8) is 0 Å². The van der Waals surface area contributed by atoms with E-state index in [1.54, 1.807) is 0 Å². The lowest BCUT2D eigenvalue weighted by Gasteiger charge is -2.25. The largest absolute Gasteiger partial charge is 0.310 e. The predicted molar refractivity (Wildman–Crippen MR) is 140 cm³/mol. The van der Waals surface area contributed by atoms with Crippen LogP contribution in [0, 0.1) is 0 Å². The van der Waals surface area contributed by atoms with Crippen molar-refractivity contribution in [1.29, 1.82) is 0 Å². The molecule has 6 rings (SSSR count). The molecule has 32 heavy (non-hydrogen) atoms. The first-order valence-corrected chi connectivity index (χ1v) is 12.1. The molecule has 0 unspecified atom stereocenters. The highest BCUT2D eigenvalue weighted by atomic mass is 32.2. The van der Waals surface area contributed by atoms with Gasteiger partial charge < -0.3 is 4.90 Å². The first-order chi connectivity index (χ1) is 15.9. The molecule has 0 aliphatic rings. The van der Waals surface area contributed by atoms with Gasteiger partial charge in [0.05, 0.1) is 0 Å². The quantitative estimate of drug-likeness (QED) is 0.253. The Bertz CT molecular complexity index is 1410. The zero-order valence-electron chi connectivity index (χ0n) is 17.6. The summed E-state index contributed by atoms with van der Waals surface area (Å²) in [5.74, 6) is 0. The smallest absolute Gasteiger partial charge is 0.187 e. The lowest BCUT2D eigenvalue weighted by molar-refractivity contribution is 1.28. The van der Waals surface area contributed by atoms with Gasteiger partial charge in [-0.15, -0.1) is 0 Å². The van der Waals surface area contributed by atoms with Crippen LogP contribution in [-0.4, -0.2) is 0 Å². The minimum Gasteiger partial charge on any atom is -0.310 e. The van der Waals surface area contributed by atoms with Gasteiger partial charge in [0.2, 0.25) is 0 Å².